The summed E-state index contributed by atoms with van der Waals surface area (Å²) in [6, 6.07) is 0. The normalized spacial score (nSPS) is 25.4. The quantitative estimate of drug-likeness (QED) is 0.525. The van der Waals surface area contributed by atoms with Gasteiger partial charge in [-0.25, -0.2) is 0 Å². The second-order valence-electron chi connectivity index (χ2n) is 4.52. The number of carbonyl (C=O) groups is 1. The van der Waals surface area contributed by atoms with E-state index >= 15 is 0 Å². The monoisotopic (exact) mass is 229 g/mol. The molecule has 16 heavy (non-hydrogen) atoms. The van der Waals surface area contributed by atoms with Gasteiger partial charge in [-0.05, 0) is 31.2 Å². The van der Waals surface area contributed by atoms with Crippen LogP contribution in [0.15, 0.2) is 0 Å². The number of ether oxygens (including phenoxy) is 1. The largest absolute Gasteiger partial charge is 0.469 e. The molecule has 2 unspecified atom stereocenters. The van der Waals surface area contributed by atoms with Crippen molar-refractivity contribution in [2.24, 2.45) is 11.8 Å². The standard InChI is InChI=1S/C12H23NO3/c1-16-12(15)6-7-13-8-10-4-2-3-5-11(10)9-14/h10-11,13-14H,2-9H2,1H3. The first kappa shape index (κ1) is 13.5. The van der Waals surface area contributed by atoms with Crippen LogP contribution in [-0.2, 0) is 9.53 Å². The summed E-state index contributed by atoms with van der Waals surface area (Å²) in [7, 11) is 1.41. The highest BCUT2D eigenvalue weighted by molar-refractivity contribution is 5.69. The third-order valence-electron chi connectivity index (χ3n) is 3.44. The van der Waals surface area contributed by atoms with E-state index in [4.69, 9.17) is 0 Å². The van der Waals surface area contributed by atoms with E-state index in [-0.39, 0.29) is 5.97 Å². The SMILES string of the molecule is COC(=O)CCNCC1CCCCC1CO. The Kier molecular flexibility index (Phi) is 6.42. The van der Waals surface area contributed by atoms with Crippen LogP contribution in [0.2, 0.25) is 0 Å². The Bertz CT molecular complexity index is 208. The smallest absolute Gasteiger partial charge is 0.306 e. The molecule has 94 valence electrons. The number of hydrogen-bond acceptors (Lipinski definition) is 4. The molecule has 1 aliphatic carbocycles. The van der Waals surface area contributed by atoms with E-state index in [1.165, 1.54) is 26.4 Å². The highest BCUT2D eigenvalue weighted by Crippen LogP contribution is 2.28. The van der Waals surface area contributed by atoms with Crippen LogP contribution in [0.1, 0.15) is 32.1 Å². The van der Waals surface area contributed by atoms with E-state index in [0.29, 0.717) is 31.4 Å². The maximum atomic E-state index is 10.9. The van der Waals surface area contributed by atoms with Gasteiger partial charge in [-0.1, -0.05) is 12.8 Å². The van der Waals surface area contributed by atoms with Gasteiger partial charge in [0, 0.05) is 13.2 Å². The first-order valence-corrected chi connectivity index (χ1v) is 6.16. The Labute approximate surface area is 97.4 Å². The summed E-state index contributed by atoms with van der Waals surface area (Å²) >= 11 is 0. The zero-order valence-electron chi connectivity index (χ0n) is 10.1. The third kappa shape index (κ3) is 4.49. The highest BCUT2D eigenvalue weighted by atomic mass is 16.5. The zero-order valence-corrected chi connectivity index (χ0v) is 10.1. The average Bonchev–Trinajstić information content (AvgIpc) is 2.34. The summed E-state index contributed by atoms with van der Waals surface area (Å²) in [5.41, 5.74) is 0. The summed E-state index contributed by atoms with van der Waals surface area (Å²) < 4.78 is 4.57. The van der Waals surface area contributed by atoms with Crippen LogP contribution in [0.4, 0.5) is 0 Å². The fraction of sp³-hybridized carbons (Fsp3) is 0.917. The van der Waals surface area contributed by atoms with Crippen LogP contribution < -0.4 is 5.32 Å². The van der Waals surface area contributed by atoms with Gasteiger partial charge >= 0.3 is 5.97 Å². The number of aliphatic hydroxyl groups is 1. The Balaban J connectivity index is 2.13. The molecule has 0 bridgehead atoms. The molecule has 0 heterocycles. The minimum atomic E-state index is -0.171. The average molecular weight is 229 g/mol. The molecule has 4 nitrogen and oxygen atoms in total. The first-order valence-electron chi connectivity index (χ1n) is 6.16. The Hall–Kier alpha value is -0.610. The number of hydrogen-bond donors (Lipinski definition) is 2. The molecule has 0 aromatic heterocycles. The number of nitrogens with one attached hydrogen (secondary N) is 1. The van der Waals surface area contributed by atoms with Crippen molar-refractivity contribution in [3.63, 3.8) is 0 Å². The maximum absolute atomic E-state index is 10.9. The molecular weight excluding hydrogens is 206 g/mol. The van der Waals surface area contributed by atoms with Gasteiger partial charge < -0.3 is 15.2 Å². The molecule has 1 saturated carbocycles. The number of carbonyl (C=O) groups excluding carboxylic acids is 1. The van der Waals surface area contributed by atoms with Gasteiger partial charge in [0.1, 0.15) is 0 Å². The van der Waals surface area contributed by atoms with Gasteiger partial charge in [0.2, 0.25) is 0 Å². The van der Waals surface area contributed by atoms with E-state index in [9.17, 15) is 9.90 Å². The number of methoxy groups -OCH3 is 1. The maximum Gasteiger partial charge on any atom is 0.306 e. The van der Waals surface area contributed by atoms with Gasteiger partial charge in [-0.3, -0.25) is 4.79 Å². The fourth-order valence-corrected chi connectivity index (χ4v) is 2.37. The second kappa shape index (κ2) is 7.63. The fourth-order valence-electron chi connectivity index (χ4n) is 2.37. The van der Waals surface area contributed by atoms with Crippen LogP contribution in [-0.4, -0.2) is 37.9 Å². The lowest BCUT2D eigenvalue weighted by Crippen LogP contribution is -2.33. The van der Waals surface area contributed by atoms with Crippen molar-refractivity contribution >= 4 is 5.97 Å². The molecule has 0 aromatic carbocycles. The Morgan fingerprint density at radius 2 is 2.06 bits per heavy atom. The predicted molar refractivity (Wildman–Crippen MR) is 62.0 cm³/mol. The molecule has 2 N–H and O–H groups in total. The highest BCUT2D eigenvalue weighted by Gasteiger charge is 2.23. The van der Waals surface area contributed by atoms with E-state index in [1.807, 2.05) is 0 Å². The molecule has 1 rings (SSSR count). The number of aliphatic hydroxyl groups excluding tert-OH is 1. The van der Waals surface area contributed by atoms with Crippen LogP contribution >= 0.6 is 0 Å². The summed E-state index contributed by atoms with van der Waals surface area (Å²) in [6.45, 7) is 1.87. The van der Waals surface area contributed by atoms with E-state index < -0.39 is 0 Å². The Morgan fingerprint density at radius 1 is 1.38 bits per heavy atom. The molecule has 1 aliphatic rings. The minimum absolute atomic E-state index is 0.171. The Morgan fingerprint density at radius 3 is 2.69 bits per heavy atom. The number of esters is 1. The van der Waals surface area contributed by atoms with Gasteiger partial charge in [0.15, 0.2) is 0 Å². The minimum Gasteiger partial charge on any atom is -0.469 e. The summed E-state index contributed by atoms with van der Waals surface area (Å²) in [5, 5.41) is 12.5. The van der Waals surface area contributed by atoms with Crippen molar-refractivity contribution in [3.05, 3.63) is 0 Å². The van der Waals surface area contributed by atoms with Crippen molar-refractivity contribution in [3.8, 4) is 0 Å². The van der Waals surface area contributed by atoms with Crippen molar-refractivity contribution < 1.29 is 14.6 Å². The lowest BCUT2D eigenvalue weighted by molar-refractivity contribution is -0.140. The predicted octanol–water partition coefficient (Wildman–Crippen LogP) is 0.938. The van der Waals surface area contributed by atoms with Crippen molar-refractivity contribution in [2.45, 2.75) is 32.1 Å². The van der Waals surface area contributed by atoms with Crippen LogP contribution in [0, 0.1) is 11.8 Å². The lowest BCUT2D eigenvalue weighted by Gasteiger charge is -2.30. The van der Waals surface area contributed by atoms with E-state index in [0.717, 1.165) is 13.0 Å². The zero-order chi connectivity index (χ0) is 11.8. The van der Waals surface area contributed by atoms with Crippen molar-refractivity contribution in [2.75, 3.05) is 26.8 Å². The lowest BCUT2D eigenvalue weighted by atomic mass is 9.79. The van der Waals surface area contributed by atoms with Crippen molar-refractivity contribution in [1.82, 2.24) is 5.32 Å². The van der Waals surface area contributed by atoms with Crippen LogP contribution in [0.3, 0.4) is 0 Å². The number of rotatable bonds is 6. The topological polar surface area (TPSA) is 58.6 Å². The van der Waals surface area contributed by atoms with E-state index in [2.05, 4.69) is 10.1 Å². The molecule has 4 heteroatoms. The third-order valence-corrected chi connectivity index (χ3v) is 3.44. The van der Waals surface area contributed by atoms with Gasteiger partial charge in [-0.2, -0.15) is 0 Å². The molecule has 0 aliphatic heterocycles. The second-order valence-corrected chi connectivity index (χ2v) is 4.52. The van der Waals surface area contributed by atoms with E-state index in [1.54, 1.807) is 0 Å². The summed E-state index contributed by atoms with van der Waals surface area (Å²) in [4.78, 5) is 10.9. The van der Waals surface area contributed by atoms with Gasteiger partial charge in [0.25, 0.3) is 0 Å². The van der Waals surface area contributed by atoms with Crippen LogP contribution in [0.25, 0.3) is 0 Å². The van der Waals surface area contributed by atoms with Crippen LogP contribution in [0.5, 0.6) is 0 Å². The molecule has 0 radical (unpaired) electrons. The van der Waals surface area contributed by atoms with Gasteiger partial charge in [-0.15, -0.1) is 0 Å². The molecule has 0 saturated heterocycles. The molecule has 0 amide bonds. The molecule has 2 atom stereocenters. The summed E-state index contributed by atoms with van der Waals surface area (Å²) in [5.74, 6) is 0.839. The molecule has 0 aromatic rings. The van der Waals surface area contributed by atoms with Crippen molar-refractivity contribution in [1.29, 1.82) is 0 Å². The molecule has 0 spiro atoms. The summed E-state index contributed by atoms with van der Waals surface area (Å²) in [6.07, 6.45) is 5.26. The first-order chi connectivity index (χ1) is 7.77. The molecular formula is C12H23NO3. The van der Waals surface area contributed by atoms with Gasteiger partial charge in [0.05, 0.1) is 13.5 Å². The molecule has 1 fully saturated rings.